The summed E-state index contributed by atoms with van der Waals surface area (Å²) >= 11 is 1.46. The number of nitriles is 1. The molecule has 0 fully saturated rings. The van der Waals surface area contributed by atoms with Crippen LogP contribution in [0.2, 0.25) is 0 Å². The summed E-state index contributed by atoms with van der Waals surface area (Å²) in [6.07, 6.45) is 1.61. The molecule has 0 saturated carbocycles. The zero-order chi connectivity index (χ0) is 13.0. The molecule has 2 aromatic rings. The monoisotopic (exact) mass is 257 g/mol. The van der Waals surface area contributed by atoms with E-state index in [1.165, 1.54) is 11.8 Å². The molecule has 0 aliphatic heterocycles. The van der Waals surface area contributed by atoms with E-state index < -0.39 is 0 Å². The molecule has 18 heavy (non-hydrogen) atoms. The van der Waals surface area contributed by atoms with Crippen molar-refractivity contribution in [1.29, 1.82) is 5.26 Å². The van der Waals surface area contributed by atoms with Crippen LogP contribution in [0.15, 0.2) is 45.9 Å². The number of benzene rings is 1. The Labute approximate surface area is 109 Å². The normalized spacial score (nSPS) is 10.0. The molecule has 0 spiro atoms. The van der Waals surface area contributed by atoms with Gasteiger partial charge in [0, 0.05) is 10.5 Å². The number of carbonyl (C=O) groups excluding carboxylic acids is 1. The van der Waals surface area contributed by atoms with Crippen molar-refractivity contribution >= 4 is 17.5 Å². The van der Waals surface area contributed by atoms with Crippen LogP contribution in [-0.2, 0) is 0 Å². The number of furan rings is 1. The van der Waals surface area contributed by atoms with Crippen molar-refractivity contribution in [3.05, 3.63) is 53.5 Å². The smallest absolute Gasteiger partial charge is 0.173 e. The van der Waals surface area contributed by atoms with Crippen molar-refractivity contribution in [2.24, 2.45) is 0 Å². The van der Waals surface area contributed by atoms with Gasteiger partial charge in [0.2, 0.25) is 0 Å². The fraction of sp³-hybridized carbons (Fsp3) is 0.143. The largest absolute Gasteiger partial charge is 0.468 e. The van der Waals surface area contributed by atoms with Gasteiger partial charge >= 0.3 is 0 Å². The third kappa shape index (κ3) is 2.82. The van der Waals surface area contributed by atoms with Gasteiger partial charge < -0.3 is 4.42 Å². The van der Waals surface area contributed by atoms with E-state index in [1.54, 1.807) is 30.5 Å². The molecule has 4 heteroatoms. The zero-order valence-electron chi connectivity index (χ0n) is 9.84. The van der Waals surface area contributed by atoms with Crippen LogP contribution in [0.1, 0.15) is 21.7 Å². The number of hydrogen-bond acceptors (Lipinski definition) is 4. The minimum Gasteiger partial charge on any atom is -0.468 e. The number of Topliss-reactive ketones (excluding diaryl/α,β-unsaturated/α-hetero) is 1. The summed E-state index contributed by atoms with van der Waals surface area (Å²) in [6, 6.07) is 10.6. The first-order chi connectivity index (χ1) is 8.70. The van der Waals surface area contributed by atoms with Gasteiger partial charge in [-0.1, -0.05) is 12.1 Å². The van der Waals surface area contributed by atoms with E-state index in [1.807, 2.05) is 19.1 Å². The predicted molar refractivity (Wildman–Crippen MR) is 69.7 cm³/mol. The van der Waals surface area contributed by atoms with Crippen molar-refractivity contribution < 1.29 is 9.21 Å². The molecular formula is C14H11NO2S. The van der Waals surface area contributed by atoms with Gasteiger partial charge in [-0.3, -0.25) is 4.79 Å². The van der Waals surface area contributed by atoms with Gasteiger partial charge in [-0.25, -0.2) is 0 Å². The summed E-state index contributed by atoms with van der Waals surface area (Å²) in [4.78, 5) is 12.9. The van der Waals surface area contributed by atoms with Crippen LogP contribution in [-0.4, -0.2) is 11.5 Å². The van der Waals surface area contributed by atoms with E-state index in [0.717, 1.165) is 10.7 Å². The van der Waals surface area contributed by atoms with Crippen LogP contribution in [0.4, 0.5) is 0 Å². The van der Waals surface area contributed by atoms with Crippen LogP contribution >= 0.6 is 11.8 Å². The Kier molecular flexibility index (Phi) is 3.85. The highest BCUT2D eigenvalue weighted by Gasteiger charge is 2.09. The van der Waals surface area contributed by atoms with Gasteiger partial charge in [0.15, 0.2) is 5.78 Å². The Balaban J connectivity index is 2.00. The fourth-order valence-corrected chi connectivity index (χ4v) is 2.34. The molecule has 0 radical (unpaired) electrons. The van der Waals surface area contributed by atoms with Crippen LogP contribution in [0.25, 0.3) is 0 Å². The third-order valence-corrected chi connectivity index (χ3v) is 3.65. The van der Waals surface area contributed by atoms with Gasteiger partial charge in [0.25, 0.3) is 0 Å². The molecule has 0 unspecified atom stereocenters. The SMILES string of the molecule is Cc1occc1SCC(=O)c1ccc(C#N)cc1. The molecule has 90 valence electrons. The third-order valence-electron chi connectivity index (χ3n) is 2.51. The molecule has 1 aromatic carbocycles. The maximum atomic E-state index is 11.9. The number of aryl methyl sites for hydroxylation is 1. The van der Waals surface area contributed by atoms with E-state index in [2.05, 4.69) is 0 Å². The van der Waals surface area contributed by atoms with Gasteiger partial charge in [-0.15, -0.1) is 11.8 Å². The van der Waals surface area contributed by atoms with Crippen molar-refractivity contribution in [2.45, 2.75) is 11.8 Å². The summed E-state index contributed by atoms with van der Waals surface area (Å²) in [7, 11) is 0. The number of ketones is 1. The van der Waals surface area contributed by atoms with Crippen LogP contribution in [0.3, 0.4) is 0 Å². The summed E-state index contributed by atoms with van der Waals surface area (Å²) in [5, 5.41) is 8.68. The molecular weight excluding hydrogens is 246 g/mol. The Morgan fingerprint density at radius 2 is 2.06 bits per heavy atom. The number of carbonyl (C=O) groups is 1. The molecule has 0 amide bonds. The topological polar surface area (TPSA) is 54.0 Å². The maximum absolute atomic E-state index is 11.9. The number of thioether (sulfide) groups is 1. The second kappa shape index (κ2) is 5.56. The molecule has 0 saturated heterocycles. The van der Waals surface area contributed by atoms with Crippen LogP contribution in [0, 0.1) is 18.3 Å². The first-order valence-corrected chi connectivity index (χ1v) is 6.39. The molecule has 0 aliphatic carbocycles. The standard InChI is InChI=1S/C14H11NO2S/c1-10-14(6-7-17-10)18-9-13(16)12-4-2-11(8-15)3-5-12/h2-7H,9H2,1H3. The minimum atomic E-state index is 0.0464. The average Bonchev–Trinajstić information content (AvgIpc) is 2.81. The maximum Gasteiger partial charge on any atom is 0.173 e. The van der Waals surface area contributed by atoms with E-state index in [-0.39, 0.29) is 5.78 Å². The Morgan fingerprint density at radius 3 is 2.61 bits per heavy atom. The summed E-state index contributed by atoms with van der Waals surface area (Å²) < 4.78 is 5.16. The van der Waals surface area contributed by atoms with Crippen molar-refractivity contribution in [1.82, 2.24) is 0 Å². The highest BCUT2D eigenvalue weighted by atomic mass is 32.2. The molecule has 2 rings (SSSR count). The Bertz CT molecular complexity index is 593. The Morgan fingerprint density at radius 1 is 1.33 bits per heavy atom. The zero-order valence-corrected chi connectivity index (χ0v) is 10.7. The van der Waals surface area contributed by atoms with Crippen molar-refractivity contribution in [3.8, 4) is 6.07 Å². The van der Waals surface area contributed by atoms with Gasteiger partial charge in [-0.2, -0.15) is 5.26 Å². The van der Waals surface area contributed by atoms with Crippen molar-refractivity contribution in [2.75, 3.05) is 5.75 Å². The van der Waals surface area contributed by atoms with Gasteiger partial charge in [0.05, 0.1) is 23.6 Å². The number of hydrogen-bond donors (Lipinski definition) is 0. The second-order valence-corrected chi connectivity index (χ2v) is 4.76. The van der Waals surface area contributed by atoms with Crippen LogP contribution < -0.4 is 0 Å². The van der Waals surface area contributed by atoms with E-state index >= 15 is 0 Å². The van der Waals surface area contributed by atoms with Crippen LogP contribution in [0.5, 0.6) is 0 Å². The predicted octanol–water partition coefficient (Wildman–Crippen LogP) is 3.43. The highest BCUT2D eigenvalue weighted by Crippen LogP contribution is 2.23. The molecule has 0 bridgehead atoms. The van der Waals surface area contributed by atoms with E-state index in [4.69, 9.17) is 9.68 Å². The molecule has 0 N–H and O–H groups in total. The van der Waals surface area contributed by atoms with Gasteiger partial charge in [-0.05, 0) is 25.1 Å². The molecule has 1 aromatic heterocycles. The van der Waals surface area contributed by atoms with Gasteiger partial charge in [0.1, 0.15) is 5.76 Å². The molecule has 1 heterocycles. The lowest BCUT2D eigenvalue weighted by atomic mass is 10.1. The number of rotatable bonds is 4. The lowest BCUT2D eigenvalue weighted by Gasteiger charge is -2.00. The molecule has 3 nitrogen and oxygen atoms in total. The average molecular weight is 257 g/mol. The quantitative estimate of drug-likeness (QED) is 0.622. The first kappa shape index (κ1) is 12.5. The molecule has 0 aliphatic rings. The number of nitrogens with zero attached hydrogens (tertiary/aromatic N) is 1. The Hall–Kier alpha value is -1.99. The first-order valence-electron chi connectivity index (χ1n) is 5.41. The second-order valence-electron chi connectivity index (χ2n) is 3.74. The summed E-state index contributed by atoms with van der Waals surface area (Å²) in [6.45, 7) is 1.87. The summed E-state index contributed by atoms with van der Waals surface area (Å²) in [5.41, 5.74) is 1.19. The lowest BCUT2D eigenvalue weighted by Crippen LogP contribution is -2.02. The fourth-order valence-electron chi connectivity index (χ4n) is 1.48. The van der Waals surface area contributed by atoms with Crippen molar-refractivity contribution in [3.63, 3.8) is 0 Å². The summed E-state index contributed by atoms with van der Waals surface area (Å²) in [5.74, 6) is 1.24. The minimum absolute atomic E-state index is 0.0464. The highest BCUT2D eigenvalue weighted by molar-refractivity contribution is 8.00. The van der Waals surface area contributed by atoms with E-state index in [0.29, 0.717) is 16.9 Å². The van der Waals surface area contributed by atoms with E-state index in [9.17, 15) is 4.79 Å². The molecule has 0 atom stereocenters. The lowest BCUT2D eigenvalue weighted by molar-refractivity contribution is 0.102.